The van der Waals surface area contributed by atoms with Gasteiger partial charge in [-0.05, 0) is 49.6 Å². The van der Waals surface area contributed by atoms with Crippen molar-refractivity contribution in [3.05, 3.63) is 81.8 Å². The Balaban J connectivity index is 1.43. The van der Waals surface area contributed by atoms with E-state index in [1.165, 1.54) is 17.3 Å². The van der Waals surface area contributed by atoms with Crippen molar-refractivity contribution in [2.75, 3.05) is 12.3 Å². The first-order valence-electron chi connectivity index (χ1n) is 11.5. The second kappa shape index (κ2) is 9.10. The first-order chi connectivity index (χ1) is 16.5. The summed E-state index contributed by atoms with van der Waals surface area (Å²) in [6, 6.07) is 15.8. The zero-order valence-corrected chi connectivity index (χ0v) is 20.4. The van der Waals surface area contributed by atoms with E-state index in [1.807, 2.05) is 54.3 Å². The maximum absolute atomic E-state index is 13.4. The highest BCUT2D eigenvalue weighted by atomic mass is 32.2. The molecule has 7 nitrogen and oxygen atoms in total. The number of fused-ring (bicyclic) bond motifs is 2. The summed E-state index contributed by atoms with van der Waals surface area (Å²) in [6.07, 6.45) is 1.86. The topological polar surface area (TPSA) is 73.0 Å². The van der Waals surface area contributed by atoms with Crippen LogP contribution in [0.5, 0.6) is 0 Å². The van der Waals surface area contributed by atoms with E-state index in [9.17, 15) is 9.59 Å². The first-order valence-corrected chi connectivity index (χ1v) is 12.5. The Morgan fingerprint density at radius 1 is 1.15 bits per heavy atom. The number of benzene rings is 2. The third-order valence-electron chi connectivity index (χ3n) is 6.47. The van der Waals surface area contributed by atoms with Gasteiger partial charge in [0.05, 0.1) is 17.9 Å². The molecule has 0 aliphatic carbocycles. The van der Waals surface area contributed by atoms with Gasteiger partial charge in [0.2, 0.25) is 5.91 Å². The van der Waals surface area contributed by atoms with E-state index >= 15 is 0 Å². The van der Waals surface area contributed by atoms with Crippen LogP contribution in [0.15, 0.2) is 64.7 Å². The Hall–Kier alpha value is -3.39. The number of hydrogen-bond donors (Lipinski definition) is 0. The quantitative estimate of drug-likeness (QED) is 0.391. The van der Waals surface area contributed by atoms with E-state index in [-0.39, 0.29) is 23.9 Å². The normalized spacial score (nSPS) is 15.0. The first kappa shape index (κ1) is 22.4. The van der Waals surface area contributed by atoms with Crippen LogP contribution in [0.25, 0.3) is 16.7 Å². The number of thioether (sulfide) groups is 1. The Morgan fingerprint density at radius 3 is 2.68 bits per heavy atom. The number of nitrogens with zero attached hydrogens (tertiary/aromatic N) is 5. The average Bonchev–Trinajstić information content (AvgIpc) is 3.45. The number of carbonyl (C=O) groups is 1. The number of hydrogen-bond acceptors (Lipinski definition) is 5. The van der Waals surface area contributed by atoms with Crippen molar-refractivity contribution in [1.29, 1.82) is 0 Å². The molecule has 4 aromatic rings. The van der Waals surface area contributed by atoms with Crippen LogP contribution in [-0.2, 0) is 11.3 Å². The second-order valence-electron chi connectivity index (χ2n) is 8.69. The third kappa shape index (κ3) is 4.03. The van der Waals surface area contributed by atoms with Crippen LogP contribution in [0.2, 0.25) is 0 Å². The van der Waals surface area contributed by atoms with Gasteiger partial charge >= 0.3 is 0 Å². The highest BCUT2D eigenvalue weighted by Crippen LogP contribution is 2.34. The Kier molecular flexibility index (Phi) is 6.00. The molecule has 0 saturated heterocycles. The molecule has 2 aromatic carbocycles. The third-order valence-corrected chi connectivity index (χ3v) is 7.56. The minimum absolute atomic E-state index is 0.0441. The molecule has 0 radical (unpaired) electrons. The van der Waals surface area contributed by atoms with Gasteiger partial charge in [0.1, 0.15) is 5.39 Å². The maximum atomic E-state index is 13.4. The number of amides is 1. The van der Waals surface area contributed by atoms with E-state index in [4.69, 9.17) is 4.98 Å². The monoisotopic (exact) mass is 473 g/mol. The SMILES string of the molecule is CCN(Cc1ccccc1)C(=O)CC1CSc2nc3c(cnn3-c3ccc(C)c(C)c3)c(=O)n21. The van der Waals surface area contributed by atoms with Crippen LogP contribution in [0, 0.1) is 13.8 Å². The van der Waals surface area contributed by atoms with Gasteiger partial charge in [-0.1, -0.05) is 48.2 Å². The van der Waals surface area contributed by atoms with Crippen LogP contribution >= 0.6 is 11.8 Å². The van der Waals surface area contributed by atoms with Crippen LogP contribution in [0.3, 0.4) is 0 Å². The zero-order chi connectivity index (χ0) is 23.8. The lowest BCUT2D eigenvalue weighted by Crippen LogP contribution is -2.34. The van der Waals surface area contributed by atoms with Gasteiger partial charge in [-0.3, -0.25) is 14.2 Å². The Labute approximate surface area is 202 Å². The minimum atomic E-state index is -0.216. The summed E-state index contributed by atoms with van der Waals surface area (Å²) < 4.78 is 3.41. The number of carbonyl (C=O) groups excluding carboxylic acids is 1. The van der Waals surface area contributed by atoms with Crippen LogP contribution in [0.4, 0.5) is 0 Å². The molecule has 0 fully saturated rings. The molecule has 5 rings (SSSR count). The molecule has 0 spiro atoms. The van der Waals surface area contributed by atoms with Gasteiger partial charge < -0.3 is 4.90 Å². The van der Waals surface area contributed by atoms with Crippen LogP contribution in [0.1, 0.15) is 36.1 Å². The van der Waals surface area contributed by atoms with Gasteiger partial charge in [-0.15, -0.1) is 0 Å². The molecule has 1 atom stereocenters. The summed E-state index contributed by atoms with van der Waals surface area (Å²) in [7, 11) is 0. The van der Waals surface area contributed by atoms with Crippen molar-refractivity contribution in [2.24, 2.45) is 0 Å². The molecule has 2 aromatic heterocycles. The predicted molar refractivity (Wildman–Crippen MR) is 135 cm³/mol. The number of aryl methyl sites for hydroxylation is 2. The predicted octanol–water partition coefficient (Wildman–Crippen LogP) is 4.28. The lowest BCUT2D eigenvalue weighted by molar-refractivity contribution is -0.132. The molecule has 1 amide bonds. The van der Waals surface area contributed by atoms with Gasteiger partial charge in [-0.25, -0.2) is 9.67 Å². The van der Waals surface area contributed by atoms with E-state index in [0.29, 0.717) is 35.0 Å². The Morgan fingerprint density at radius 2 is 1.94 bits per heavy atom. The van der Waals surface area contributed by atoms with Crippen molar-refractivity contribution in [3.8, 4) is 5.69 Å². The Bertz CT molecular complexity index is 1430. The molecule has 1 aliphatic rings. The van der Waals surface area contributed by atoms with Gasteiger partial charge in [0.25, 0.3) is 5.56 Å². The average molecular weight is 474 g/mol. The van der Waals surface area contributed by atoms with E-state index in [2.05, 4.69) is 25.0 Å². The zero-order valence-electron chi connectivity index (χ0n) is 19.6. The molecule has 0 saturated carbocycles. The number of aromatic nitrogens is 4. The molecule has 34 heavy (non-hydrogen) atoms. The molecular formula is C26H27N5O2S. The highest BCUT2D eigenvalue weighted by Gasteiger charge is 2.30. The fourth-order valence-electron chi connectivity index (χ4n) is 4.34. The van der Waals surface area contributed by atoms with E-state index in [1.54, 1.807) is 15.4 Å². The van der Waals surface area contributed by atoms with E-state index in [0.717, 1.165) is 16.8 Å². The largest absolute Gasteiger partial charge is 0.339 e. The van der Waals surface area contributed by atoms with Crippen molar-refractivity contribution < 1.29 is 4.79 Å². The number of rotatable bonds is 6. The standard InChI is InChI=1S/C26H27N5O2S/c1-4-29(15-19-8-6-5-7-9-19)23(32)13-21-16-34-26-28-24-22(25(33)30(21)26)14-27-31(24)20-11-10-17(2)18(3)12-20/h5-12,14,21H,4,13,15-16H2,1-3H3. The smallest absolute Gasteiger partial charge is 0.265 e. The van der Waals surface area contributed by atoms with E-state index < -0.39 is 0 Å². The van der Waals surface area contributed by atoms with Gasteiger partial charge in [0, 0.05) is 25.3 Å². The minimum Gasteiger partial charge on any atom is -0.339 e. The molecule has 0 bridgehead atoms. The fourth-order valence-corrected chi connectivity index (χ4v) is 5.47. The fraction of sp³-hybridized carbons (Fsp3) is 0.308. The van der Waals surface area contributed by atoms with Gasteiger partial charge in [-0.2, -0.15) is 5.10 Å². The molecule has 0 N–H and O–H groups in total. The lowest BCUT2D eigenvalue weighted by Gasteiger charge is -2.23. The van der Waals surface area contributed by atoms with Crippen LogP contribution < -0.4 is 5.56 Å². The molecular weight excluding hydrogens is 446 g/mol. The molecule has 1 unspecified atom stereocenters. The summed E-state index contributed by atoms with van der Waals surface area (Å²) in [5, 5.41) is 5.58. The maximum Gasteiger partial charge on any atom is 0.265 e. The van der Waals surface area contributed by atoms with Crippen molar-refractivity contribution in [2.45, 2.75) is 44.9 Å². The molecule has 174 valence electrons. The van der Waals surface area contributed by atoms with Crippen LogP contribution in [-0.4, -0.2) is 42.4 Å². The highest BCUT2D eigenvalue weighted by molar-refractivity contribution is 7.99. The summed E-state index contributed by atoms with van der Waals surface area (Å²) in [4.78, 5) is 33.2. The van der Waals surface area contributed by atoms with Crippen molar-refractivity contribution >= 4 is 28.7 Å². The molecule has 3 heterocycles. The van der Waals surface area contributed by atoms with Crippen molar-refractivity contribution in [1.82, 2.24) is 24.2 Å². The van der Waals surface area contributed by atoms with Crippen molar-refractivity contribution in [3.63, 3.8) is 0 Å². The lowest BCUT2D eigenvalue weighted by atomic mass is 10.1. The summed E-state index contributed by atoms with van der Waals surface area (Å²) in [5.41, 5.74) is 4.75. The molecule has 8 heteroatoms. The second-order valence-corrected chi connectivity index (χ2v) is 9.68. The molecule has 1 aliphatic heterocycles. The summed E-state index contributed by atoms with van der Waals surface area (Å²) >= 11 is 1.52. The summed E-state index contributed by atoms with van der Waals surface area (Å²) in [6.45, 7) is 7.29. The summed E-state index contributed by atoms with van der Waals surface area (Å²) in [5.74, 6) is 0.697. The van der Waals surface area contributed by atoms with Gasteiger partial charge in [0.15, 0.2) is 10.8 Å².